The predicted octanol–water partition coefficient (Wildman–Crippen LogP) is 4.30. The van der Waals surface area contributed by atoms with E-state index >= 15 is 0 Å². The van der Waals surface area contributed by atoms with E-state index in [0.29, 0.717) is 0 Å². The summed E-state index contributed by atoms with van der Waals surface area (Å²) >= 11 is 0. The maximum atomic E-state index is 3.94. The highest BCUT2D eigenvalue weighted by Crippen LogP contribution is 2.29. The Labute approximate surface area is 133 Å². The second-order valence-corrected chi connectivity index (χ2v) is 8.17. The molecule has 0 aromatic rings. The largest absolute Gasteiger partial charge is 0.312 e. The third-order valence-corrected chi connectivity index (χ3v) is 5.95. The van der Waals surface area contributed by atoms with Gasteiger partial charge in [-0.05, 0) is 62.9 Å². The van der Waals surface area contributed by atoms with Crippen LogP contribution in [0.3, 0.4) is 0 Å². The van der Waals surface area contributed by atoms with E-state index in [1.807, 2.05) is 0 Å². The average Bonchev–Trinajstić information content (AvgIpc) is 2.84. The maximum Gasteiger partial charge on any atom is 0.0243 e. The minimum Gasteiger partial charge on any atom is -0.312 e. The first-order valence-electron chi connectivity index (χ1n) is 9.55. The smallest absolute Gasteiger partial charge is 0.0243 e. The molecule has 2 heteroatoms. The zero-order valence-electron chi connectivity index (χ0n) is 14.9. The zero-order chi connectivity index (χ0) is 15.2. The van der Waals surface area contributed by atoms with Crippen LogP contribution in [-0.4, -0.2) is 36.6 Å². The molecule has 1 saturated carbocycles. The molecule has 2 nitrogen and oxygen atoms in total. The third-order valence-electron chi connectivity index (χ3n) is 5.95. The molecule has 124 valence electrons. The van der Waals surface area contributed by atoms with E-state index < -0.39 is 0 Å². The highest BCUT2D eigenvalue weighted by molar-refractivity contribution is 4.83. The van der Waals surface area contributed by atoms with Crippen LogP contribution in [0.4, 0.5) is 0 Å². The van der Waals surface area contributed by atoms with Crippen molar-refractivity contribution in [1.82, 2.24) is 10.2 Å². The summed E-state index contributed by atoms with van der Waals surface area (Å²) in [4.78, 5) is 2.73. The first-order chi connectivity index (χ1) is 10.1. The van der Waals surface area contributed by atoms with E-state index in [2.05, 4.69) is 37.9 Å². The molecule has 3 unspecified atom stereocenters. The van der Waals surface area contributed by atoms with Crippen LogP contribution >= 0.6 is 0 Å². The van der Waals surface area contributed by atoms with Gasteiger partial charge in [-0.25, -0.2) is 0 Å². The highest BCUT2D eigenvalue weighted by Gasteiger charge is 2.26. The molecule has 2 fully saturated rings. The third kappa shape index (κ3) is 5.25. The molecule has 0 amide bonds. The minimum atomic E-state index is 0.747. The van der Waals surface area contributed by atoms with Crippen LogP contribution in [0, 0.1) is 17.8 Å². The maximum absolute atomic E-state index is 3.94. The van der Waals surface area contributed by atoms with Crippen molar-refractivity contribution in [1.29, 1.82) is 0 Å². The lowest BCUT2D eigenvalue weighted by molar-refractivity contribution is 0.180. The van der Waals surface area contributed by atoms with Crippen LogP contribution in [0.1, 0.15) is 72.6 Å². The van der Waals surface area contributed by atoms with Gasteiger partial charge in [0.05, 0.1) is 0 Å². The van der Waals surface area contributed by atoms with Crippen LogP contribution < -0.4 is 5.32 Å². The van der Waals surface area contributed by atoms with Gasteiger partial charge in [0.2, 0.25) is 0 Å². The second kappa shape index (κ2) is 8.53. The number of likely N-dealkylation sites (tertiary alicyclic amines) is 1. The monoisotopic (exact) mass is 294 g/mol. The molecule has 1 heterocycles. The molecule has 3 atom stereocenters. The van der Waals surface area contributed by atoms with Gasteiger partial charge >= 0.3 is 0 Å². The normalized spacial score (nSPS) is 30.0. The molecule has 1 N–H and O–H groups in total. The van der Waals surface area contributed by atoms with Gasteiger partial charge in [-0.15, -0.1) is 0 Å². The number of rotatable bonds is 6. The number of nitrogens with zero attached hydrogens (tertiary/aromatic N) is 1. The van der Waals surface area contributed by atoms with E-state index in [0.717, 1.165) is 29.8 Å². The Balaban J connectivity index is 1.77. The van der Waals surface area contributed by atoms with Crippen LogP contribution in [0.15, 0.2) is 0 Å². The quantitative estimate of drug-likeness (QED) is 0.735. The molecule has 1 aliphatic carbocycles. The molecular formula is C19H38N2. The summed E-state index contributed by atoms with van der Waals surface area (Å²) in [6.07, 6.45) is 9.92. The topological polar surface area (TPSA) is 15.3 Å². The summed E-state index contributed by atoms with van der Waals surface area (Å²) < 4.78 is 0. The van der Waals surface area contributed by atoms with Crippen LogP contribution in [-0.2, 0) is 0 Å². The predicted molar refractivity (Wildman–Crippen MR) is 92.6 cm³/mol. The van der Waals surface area contributed by atoms with Gasteiger partial charge < -0.3 is 5.32 Å². The van der Waals surface area contributed by atoms with Crippen molar-refractivity contribution >= 4 is 0 Å². The molecular weight excluding hydrogens is 256 g/mol. The Morgan fingerprint density at radius 1 is 0.905 bits per heavy atom. The van der Waals surface area contributed by atoms with Crippen molar-refractivity contribution < 1.29 is 0 Å². The molecule has 21 heavy (non-hydrogen) atoms. The summed E-state index contributed by atoms with van der Waals surface area (Å²) in [7, 11) is 0. The molecule has 2 aliphatic rings. The minimum absolute atomic E-state index is 0.747. The Morgan fingerprint density at radius 2 is 1.62 bits per heavy atom. The van der Waals surface area contributed by atoms with E-state index in [4.69, 9.17) is 0 Å². The van der Waals surface area contributed by atoms with Crippen molar-refractivity contribution in [3.63, 3.8) is 0 Å². The molecule has 0 aromatic carbocycles. The van der Waals surface area contributed by atoms with E-state index in [1.165, 1.54) is 64.6 Å². The van der Waals surface area contributed by atoms with Crippen LogP contribution in [0.5, 0.6) is 0 Å². The van der Waals surface area contributed by atoms with E-state index in [9.17, 15) is 0 Å². The van der Waals surface area contributed by atoms with Gasteiger partial charge in [-0.2, -0.15) is 0 Å². The Hall–Kier alpha value is -0.0800. The summed E-state index contributed by atoms with van der Waals surface area (Å²) in [6.45, 7) is 13.4. The summed E-state index contributed by atoms with van der Waals surface area (Å²) in [6, 6.07) is 1.52. The Morgan fingerprint density at radius 3 is 2.24 bits per heavy atom. The zero-order valence-corrected chi connectivity index (χ0v) is 14.9. The molecule has 0 radical (unpaired) electrons. The number of nitrogens with one attached hydrogen (secondary N) is 1. The van der Waals surface area contributed by atoms with Crippen molar-refractivity contribution in [2.24, 2.45) is 17.8 Å². The fourth-order valence-electron chi connectivity index (χ4n) is 4.35. The first-order valence-corrected chi connectivity index (χ1v) is 9.55. The Bertz CT molecular complexity index is 281. The van der Waals surface area contributed by atoms with Gasteiger partial charge in [-0.1, -0.05) is 40.5 Å². The lowest BCUT2D eigenvalue weighted by atomic mass is 9.89. The fraction of sp³-hybridized carbons (Fsp3) is 1.00. The Kier molecular flexibility index (Phi) is 7.01. The molecule has 1 aliphatic heterocycles. The highest BCUT2D eigenvalue weighted by atomic mass is 15.2. The molecule has 1 saturated heterocycles. The lowest BCUT2D eigenvalue weighted by Gasteiger charge is -2.32. The molecule has 0 bridgehead atoms. The standard InChI is InChI=1S/C19H38N2/c1-15(2)17-8-7-9-18(11-10-17)20-14-19(16(3)4)21-12-5-6-13-21/h15-20H,5-14H2,1-4H3. The van der Waals surface area contributed by atoms with Crippen molar-refractivity contribution in [2.75, 3.05) is 19.6 Å². The van der Waals surface area contributed by atoms with Crippen LogP contribution in [0.25, 0.3) is 0 Å². The van der Waals surface area contributed by atoms with Gasteiger partial charge in [0.25, 0.3) is 0 Å². The average molecular weight is 295 g/mol. The summed E-state index contributed by atoms with van der Waals surface area (Å²) in [5, 5.41) is 3.94. The molecule has 0 aromatic heterocycles. The van der Waals surface area contributed by atoms with Gasteiger partial charge in [0.15, 0.2) is 0 Å². The fourth-order valence-corrected chi connectivity index (χ4v) is 4.35. The summed E-state index contributed by atoms with van der Waals surface area (Å²) in [5.74, 6) is 2.61. The number of hydrogen-bond donors (Lipinski definition) is 1. The summed E-state index contributed by atoms with van der Waals surface area (Å²) in [5.41, 5.74) is 0. The van der Waals surface area contributed by atoms with Crippen molar-refractivity contribution in [3.8, 4) is 0 Å². The first kappa shape index (κ1) is 17.3. The van der Waals surface area contributed by atoms with Crippen molar-refractivity contribution in [2.45, 2.75) is 84.7 Å². The van der Waals surface area contributed by atoms with E-state index in [1.54, 1.807) is 0 Å². The lowest BCUT2D eigenvalue weighted by Crippen LogP contribution is -2.46. The van der Waals surface area contributed by atoms with Gasteiger partial charge in [0, 0.05) is 18.6 Å². The van der Waals surface area contributed by atoms with Gasteiger partial charge in [0.1, 0.15) is 0 Å². The second-order valence-electron chi connectivity index (χ2n) is 8.17. The molecule has 2 rings (SSSR count). The van der Waals surface area contributed by atoms with Crippen LogP contribution in [0.2, 0.25) is 0 Å². The van der Waals surface area contributed by atoms with Crippen molar-refractivity contribution in [3.05, 3.63) is 0 Å². The van der Waals surface area contributed by atoms with E-state index in [-0.39, 0.29) is 0 Å². The number of hydrogen-bond acceptors (Lipinski definition) is 2. The molecule has 0 spiro atoms. The SMILES string of the molecule is CC(C)C1CCCC(NCC(C(C)C)N2CCCC2)CC1. The van der Waals surface area contributed by atoms with Gasteiger partial charge in [-0.3, -0.25) is 4.90 Å².